The molecule has 3 aromatic carbocycles. The van der Waals surface area contributed by atoms with Crippen molar-refractivity contribution in [2.75, 3.05) is 5.73 Å². The van der Waals surface area contributed by atoms with Crippen LogP contribution in [0.3, 0.4) is 0 Å². The number of nitrogen functional groups attached to an aromatic ring is 1. The minimum atomic E-state index is -0.0901. The number of halogens is 1. The Morgan fingerprint density at radius 3 is 2.78 bits per heavy atom. The van der Waals surface area contributed by atoms with Crippen LogP contribution in [0.15, 0.2) is 53.3 Å². The van der Waals surface area contributed by atoms with Crippen LogP contribution in [0.25, 0.3) is 38.2 Å². The molecule has 0 aliphatic rings. The van der Waals surface area contributed by atoms with Gasteiger partial charge in [-0.15, -0.1) is 0 Å². The van der Waals surface area contributed by atoms with Gasteiger partial charge in [-0.25, -0.2) is 4.98 Å². The fourth-order valence-corrected chi connectivity index (χ4v) is 3.53. The van der Waals surface area contributed by atoms with Gasteiger partial charge in [-0.3, -0.25) is 9.20 Å². The largest absolute Gasteiger partial charge is 0.399 e. The highest BCUT2D eigenvalue weighted by molar-refractivity contribution is 6.31. The highest BCUT2D eigenvalue weighted by atomic mass is 35.5. The van der Waals surface area contributed by atoms with E-state index in [4.69, 9.17) is 17.3 Å². The SMILES string of the molecule is Nc1cc2cccc3c(=O)n4c5cc(Cl)ccc5nc4c(c1)c23. The summed E-state index contributed by atoms with van der Waals surface area (Å²) in [6.07, 6.45) is 0. The van der Waals surface area contributed by atoms with Gasteiger partial charge in [0.2, 0.25) is 0 Å². The second-order valence-corrected chi connectivity index (χ2v) is 6.12. The summed E-state index contributed by atoms with van der Waals surface area (Å²) < 4.78 is 1.62. The highest BCUT2D eigenvalue weighted by Gasteiger charge is 2.16. The number of pyridine rings is 1. The van der Waals surface area contributed by atoms with E-state index >= 15 is 0 Å². The second-order valence-electron chi connectivity index (χ2n) is 5.68. The van der Waals surface area contributed by atoms with Crippen molar-refractivity contribution in [3.8, 4) is 0 Å². The molecule has 5 heteroatoms. The Morgan fingerprint density at radius 2 is 1.91 bits per heavy atom. The van der Waals surface area contributed by atoms with Gasteiger partial charge in [-0.1, -0.05) is 23.7 Å². The molecule has 0 aliphatic heterocycles. The normalized spacial score (nSPS) is 12.0. The molecule has 0 atom stereocenters. The Hall–Kier alpha value is -2.85. The average molecular weight is 320 g/mol. The Morgan fingerprint density at radius 1 is 1.04 bits per heavy atom. The van der Waals surface area contributed by atoms with E-state index in [1.807, 2.05) is 36.4 Å². The van der Waals surface area contributed by atoms with Gasteiger partial charge in [-0.2, -0.15) is 0 Å². The van der Waals surface area contributed by atoms with Crippen molar-refractivity contribution in [2.24, 2.45) is 0 Å². The van der Waals surface area contributed by atoms with Gasteiger partial charge in [0.15, 0.2) is 0 Å². The number of hydrogen-bond acceptors (Lipinski definition) is 3. The first kappa shape index (κ1) is 12.7. The molecule has 0 amide bonds. The lowest BCUT2D eigenvalue weighted by Gasteiger charge is -2.08. The number of imidazole rings is 1. The van der Waals surface area contributed by atoms with Crippen molar-refractivity contribution in [1.29, 1.82) is 0 Å². The predicted octanol–water partition coefficient (Wildman–Crippen LogP) is 3.83. The van der Waals surface area contributed by atoms with E-state index in [1.54, 1.807) is 16.5 Å². The predicted molar refractivity (Wildman–Crippen MR) is 94.6 cm³/mol. The minimum absolute atomic E-state index is 0.0901. The quantitative estimate of drug-likeness (QED) is 0.441. The van der Waals surface area contributed by atoms with Crippen molar-refractivity contribution in [2.45, 2.75) is 0 Å². The third-order valence-electron chi connectivity index (χ3n) is 4.29. The van der Waals surface area contributed by atoms with Crippen LogP contribution in [0.4, 0.5) is 5.69 Å². The first-order chi connectivity index (χ1) is 11.1. The van der Waals surface area contributed by atoms with E-state index in [0.29, 0.717) is 27.3 Å². The topological polar surface area (TPSA) is 60.4 Å². The number of nitrogens with two attached hydrogens (primary N) is 1. The van der Waals surface area contributed by atoms with Crippen LogP contribution in [0.5, 0.6) is 0 Å². The van der Waals surface area contributed by atoms with E-state index in [9.17, 15) is 4.79 Å². The average Bonchev–Trinajstić information content (AvgIpc) is 2.91. The molecule has 0 fully saturated rings. The van der Waals surface area contributed by atoms with Gasteiger partial charge in [0.05, 0.1) is 11.0 Å². The van der Waals surface area contributed by atoms with Crippen LogP contribution in [0.2, 0.25) is 5.02 Å². The maximum absolute atomic E-state index is 13.0. The Labute approximate surface area is 135 Å². The lowest BCUT2D eigenvalue weighted by molar-refractivity contribution is 1.19. The molecule has 0 unspecified atom stereocenters. The monoisotopic (exact) mass is 319 g/mol. The highest BCUT2D eigenvalue weighted by Crippen LogP contribution is 2.31. The van der Waals surface area contributed by atoms with Crippen LogP contribution < -0.4 is 11.3 Å². The number of aromatic nitrogens is 2. The summed E-state index contributed by atoms with van der Waals surface area (Å²) >= 11 is 6.10. The van der Waals surface area contributed by atoms with E-state index in [2.05, 4.69) is 4.98 Å². The summed E-state index contributed by atoms with van der Waals surface area (Å²) in [7, 11) is 0. The lowest BCUT2D eigenvalue weighted by atomic mass is 10.0. The first-order valence-corrected chi connectivity index (χ1v) is 7.56. The zero-order chi connectivity index (χ0) is 15.7. The molecule has 23 heavy (non-hydrogen) atoms. The zero-order valence-corrected chi connectivity index (χ0v) is 12.6. The summed E-state index contributed by atoms with van der Waals surface area (Å²) in [6, 6.07) is 14.8. The minimum Gasteiger partial charge on any atom is -0.399 e. The van der Waals surface area contributed by atoms with E-state index in [1.165, 1.54) is 0 Å². The molecule has 2 aromatic heterocycles. The van der Waals surface area contributed by atoms with Crippen molar-refractivity contribution >= 4 is 55.5 Å². The molecule has 0 saturated heterocycles. The second kappa shape index (κ2) is 4.12. The Balaban J connectivity index is 2.22. The fraction of sp³-hybridized carbons (Fsp3) is 0. The summed E-state index contributed by atoms with van der Waals surface area (Å²) in [5, 5.41) is 3.96. The van der Waals surface area contributed by atoms with Crippen molar-refractivity contribution in [3.63, 3.8) is 0 Å². The van der Waals surface area contributed by atoms with Crippen molar-refractivity contribution in [1.82, 2.24) is 9.38 Å². The van der Waals surface area contributed by atoms with E-state index in [-0.39, 0.29) is 5.56 Å². The van der Waals surface area contributed by atoms with Gasteiger partial charge in [0, 0.05) is 26.9 Å². The number of hydrogen-bond donors (Lipinski definition) is 1. The third-order valence-corrected chi connectivity index (χ3v) is 4.53. The first-order valence-electron chi connectivity index (χ1n) is 7.19. The molecule has 0 aliphatic carbocycles. The Kier molecular flexibility index (Phi) is 2.27. The molecule has 0 radical (unpaired) electrons. The number of nitrogens with zero attached hydrogens (tertiary/aromatic N) is 2. The van der Waals surface area contributed by atoms with Gasteiger partial charge in [-0.05, 0) is 41.8 Å². The van der Waals surface area contributed by atoms with Crippen LogP contribution in [0, 0.1) is 0 Å². The van der Waals surface area contributed by atoms with Crippen LogP contribution >= 0.6 is 11.6 Å². The lowest BCUT2D eigenvalue weighted by Crippen LogP contribution is -2.13. The molecule has 0 bridgehead atoms. The number of fused-ring (bicyclic) bond motifs is 4. The molecule has 0 spiro atoms. The summed E-state index contributed by atoms with van der Waals surface area (Å²) in [6.45, 7) is 0. The van der Waals surface area contributed by atoms with Gasteiger partial charge in [0.1, 0.15) is 5.65 Å². The fourth-order valence-electron chi connectivity index (χ4n) is 3.36. The smallest absolute Gasteiger partial charge is 0.264 e. The van der Waals surface area contributed by atoms with Crippen LogP contribution in [-0.2, 0) is 0 Å². The van der Waals surface area contributed by atoms with E-state index in [0.717, 1.165) is 21.7 Å². The molecule has 2 heterocycles. The summed E-state index contributed by atoms with van der Waals surface area (Å²) in [5.74, 6) is 0. The van der Waals surface area contributed by atoms with Gasteiger partial charge >= 0.3 is 0 Å². The number of anilines is 1. The summed E-state index contributed by atoms with van der Waals surface area (Å²) in [4.78, 5) is 17.7. The molecular weight excluding hydrogens is 310 g/mol. The number of rotatable bonds is 0. The van der Waals surface area contributed by atoms with Crippen molar-refractivity contribution < 1.29 is 0 Å². The van der Waals surface area contributed by atoms with Crippen molar-refractivity contribution in [3.05, 3.63) is 63.9 Å². The standard InChI is InChI=1S/C18H10ClN3O/c19-10-4-5-14-15(7-10)22-17(21-14)13-8-11(20)6-9-2-1-3-12(16(9)13)18(22)23/h1-8H,20H2. The molecule has 5 rings (SSSR count). The maximum Gasteiger partial charge on any atom is 0.264 e. The molecule has 2 N–H and O–H groups in total. The zero-order valence-electron chi connectivity index (χ0n) is 11.9. The third kappa shape index (κ3) is 1.56. The molecular formula is C18H10ClN3O. The van der Waals surface area contributed by atoms with Gasteiger partial charge in [0.25, 0.3) is 5.56 Å². The molecule has 5 aromatic rings. The Bertz CT molecular complexity index is 1310. The molecule has 4 nitrogen and oxygen atoms in total. The number of benzene rings is 3. The van der Waals surface area contributed by atoms with Crippen LogP contribution in [0.1, 0.15) is 0 Å². The summed E-state index contributed by atoms with van der Waals surface area (Å²) in [5.41, 5.74) is 8.66. The molecule has 0 saturated carbocycles. The van der Waals surface area contributed by atoms with E-state index < -0.39 is 0 Å². The van der Waals surface area contributed by atoms with Crippen LogP contribution in [-0.4, -0.2) is 9.38 Å². The van der Waals surface area contributed by atoms with Gasteiger partial charge < -0.3 is 5.73 Å². The maximum atomic E-state index is 13.0. The molecule has 110 valence electrons.